The van der Waals surface area contributed by atoms with Crippen molar-refractivity contribution in [2.45, 2.75) is 73.1 Å². The molecule has 0 amide bonds. The minimum atomic E-state index is 0.332. The Bertz CT molecular complexity index is 417. The van der Waals surface area contributed by atoms with Crippen LogP contribution in [0.3, 0.4) is 0 Å². The van der Waals surface area contributed by atoms with E-state index >= 15 is 0 Å². The number of Topliss-reactive ketones (excluding diaryl/α,β-unsaturated/α-hetero) is 1. The summed E-state index contributed by atoms with van der Waals surface area (Å²) in [7, 11) is 0. The van der Waals surface area contributed by atoms with Gasteiger partial charge in [-0.05, 0) is 56.4 Å². The average Bonchev–Trinajstić information content (AvgIpc) is 2.36. The van der Waals surface area contributed by atoms with Crippen LogP contribution in [0.25, 0.3) is 0 Å². The van der Waals surface area contributed by atoms with E-state index in [1.54, 1.807) is 0 Å². The Morgan fingerprint density at radius 3 is 1.95 bits per heavy atom. The van der Waals surface area contributed by atoms with Crippen LogP contribution in [0.4, 0.5) is 0 Å². The Labute approximate surface area is 118 Å². The first kappa shape index (κ1) is 15.9. The van der Waals surface area contributed by atoms with E-state index < -0.39 is 0 Å². The zero-order valence-electron chi connectivity index (χ0n) is 13.2. The number of rotatable bonds is 7. The monoisotopic (exact) mass is 260 g/mol. The fourth-order valence-corrected chi connectivity index (χ4v) is 2.65. The smallest absolute Gasteiger partial charge is 0.163 e. The molecule has 0 bridgehead atoms. The molecule has 1 aromatic carbocycles. The van der Waals surface area contributed by atoms with Gasteiger partial charge in [-0.15, -0.1) is 0 Å². The molecule has 0 aliphatic heterocycles. The summed E-state index contributed by atoms with van der Waals surface area (Å²) in [5.74, 6) is 0.332. The quantitative estimate of drug-likeness (QED) is 0.469. The van der Waals surface area contributed by atoms with Crippen molar-refractivity contribution in [2.75, 3.05) is 0 Å². The van der Waals surface area contributed by atoms with Gasteiger partial charge in [0.25, 0.3) is 0 Å². The Kier molecular flexibility index (Phi) is 6.27. The third-order valence-electron chi connectivity index (χ3n) is 4.15. The molecule has 1 rings (SSSR count). The SMILES string of the molecule is CCCCCCCC(=O)c1c(C)c(C)cc(C)c1C. The fraction of sp³-hybridized carbons (Fsp3) is 0.611. The normalized spacial score (nSPS) is 10.8. The Morgan fingerprint density at radius 1 is 0.895 bits per heavy atom. The molecule has 0 fully saturated rings. The minimum absolute atomic E-state index is 0.332. The first-order chi connectivity index (χ1) is 8.99. The van der Waals surface area contributed by atoms with Crippen LogP contribution < -0.4 is 0 Å². The highest BCUT2D eigenvalue weighted by Crippen LogP contribution is 2.23. The van der Waals surface area contributed by atoms with Gasteiger partial charge < -0.3 is 0 Å². The van der Waals surface area contributed by atoms with Crippen LogP contribution in [0.5, 0.6) is 0 Å². The van der Waals surface area contributed by atoms with Crippen LogP contribution >= 0.6 is 0 Å². The van der Waals surface area contributed by atoms with E-state index in [1.165, 1.54) is 47.9 Å². The number of carbonyl (C=O) groups is 1. The van der Waals surface area contributed by atoms with Gasteiger partial charge >= 0.3 is 0 Å². The van der Waals surface area contributed by atoms with Gasteiger partial charge in [0.15, 0.2) is 5.78 Å². The van der Waals surface area contributed by atoms with E-state index in [0.717, 1.165) is 12.0 Å². The predicted molar refractivity (Wildman–Crippen MR) is 83.1 cm³/mol. The molecule has 19 heavy (non-hydrogen) atoms. The van der Waals surface area contributed by atoms with Crippen LogP contribution in [-0.4, -0.2) is 5.78 Å². The molecule has 0 aromatic heterocycles. The molecule has 0 saturated heterocycles. The first-order valence-electron chi connectivity index (χ1n) is 7.59. The summed E-state index contributed by atoms with van der Waals surface area (Å²) >= 11 is 0. The molecule has 0 aliphatic carbocycles. The van der Waals surface area contributed by atoms with Crippen molar-refractivity contribution >= 4 is 5.78 Å². The maximum absolute atomic E-state index is 12.4. The van der Waals surface area contributed by atoms with E-state index in [4.69, 9.17) is 0 Å². The number of hydrogen-bond acceptors (Lipinski definition) is 1. The molecule has 0 N–H and O–H groups in total. The van der Waals surface area contributed by atoms with Crippen molar-refractivity contribution < 1.29 is 4.79 Å². The summed E-state index contributed by atoms with van der Waals surface area (Å²) < 4.78 is 0. The van der Waals surface area contributed by atoms with Gasteiger partial charge in [0.2, 0.25) is 0 Å². The predicted octanol–water partition coefficient (Wildman–Crippen LogP) is 5.46. The van der Waals surface area contributed by atoms with Gasteiger partial charge in [-0.2, -0.15) is 0 Å². The standard InChI is InChI=1S/C18H28O/c1-6-7-8-9-10-11-17(19)18-15(4)13(2)12-14(3)16(18)5/h12H,6-11H2,1-5H3. The lowest BCUT2D eigenvalue weighted by atomic mass is 9.90. The van der Waals surface area contributed by atoms with Crippen LogP contribution in [0.15, 0.2) is 6.07 Å². The second-order valence-electron chi connectivity index (χ2n) is 5.72. The second-order valence-corrected chi connectivity index (χ2v) is 5.72. The number of aryl methyl sites for hydroxylation is 2. The highest BCUT2D eigenvalue weighted by atomic mass is 16.1. The zero-order chi connectivity index (χ0) is 14.4. The summed E-state index contributed by atoms with van der Waals surface area (Å²) in [5.41, 5.74) is 5.78. The number of hydrogen-bond donors (Lipinski definition) is 0. The Balaban J connectivity index is 2.72. The molecular formula is C18H28O. The van der Waals surface area contributed by atoms with E-state index in [2.05, 4.69) is 40.7 Å². The van der Waals surface area contributed by atoms with Gasteiger partial charge in [-0.25, -0.2) is 0 Å². The van der Waals surface area contributed by atoms with Crippen molar-refractivity contribution in [3.63, 3.8) is 0 Å². The van der Waals surface area contributed by atoms with Crippen LogP contribution in [-0.2, 0) is 0 Å². The minimum Gasteiger partial charge on any atom is -0.294 e. The lowest BCUT2D eigenvalue weighted by molar-refractivity contribution is 0.0977. The second kappa shape index (κ2) is 7.47. The Morgan fingerprint density at radius 2 is 1.42 bits per heavy atom. The maximum atomic E-state index is 12.4. The third-order valence-corrected chi connectivity index (χ3v) is 4.15. The van der Waals surface area contributed by atoms with Crippen LogP contribution in [0.2, 0.25) is 0 Å². The summed E-state index contributed by atoms with van der Waals surface area (Å²) in [6.45, 7) is 10.6. The van der Waals surface area contributed by atoms with Crippen molar-refractivity contribution in [2.24, 2.45) is 0 Å². The lowest BCUT2D eigenvalue weighted by Crippen LogP contribution is -2.07. The molecule has 0 radical (unpaired) electrons. The summed E-state index contributed by atoms with van der Waals surface area (Å²) in [5, 5.41) is 0. The van der Waals surface area contributed by atoms with Gasteiger partial charge in [0.05, 0.1) is 0 Å². The zero-order valence-corrected chi connectivity index (χ0v) is 13.2. The molecular weight excluding hydrogens is 232 g/mol. The lowest BCUT2D eigenvalue weighted by Gasteiger charge is -2.14. The number of ketones is 1. The van der Waals surface area contributed by atoms with E-state index in [0.29, 0.717) is 12.2 Å². The number of carbonyl (C=O) groups excluding carboxylic acids is 1. The largest absolute Gasteiger partial charge is 0.294 e. The first-order valence-corrected chi connectivity index (χ1v) is 7.59. The summed E-state index contributed by atoms with van der Waals surface area (Å²) in [6, 6.07) is 2.18. The molecule has 0 saturated carbocycles. The van der Waals surface area contributed by atoms with Gasteiger partial charge in [0, 0.05) is 12.0 Å². The molecule has 106 valence electrons. The fourth-order valence-electron chi connectivity index (χ4n) is 2.65. The number of benzene rings is 1. The Hall–Kier alpha value is -1.11. The van der Waals surface area contributed by atoms with E-state index in [9.17, 15) is 4.79 Å². The summed E-state index contributed by atoms with van der Waals surface area (Å²) in [6.07, 6.45) is 6.72. The van der Waals surface area contributed by atoms with E-state index in [-0.39, 0.29) is 0 Å². The van der Waals surface area contributed by atoms with Crippen molar-refractivity contribution in [3.8, 4) is 0 Å². The van der Waals surface area contributed by atoms with Gasteiger partial charge in [0.1, 0.15) is 0 Å². The maximum Gasteiger partial charge on any atom is 0.163 e. The molecule has 0 aliphatic rings. The molecule has 0 atom stereocenters. The highest BCUT2D eigenvalue weighted by molar-refractivity contribution is 5.99. The average molecular weight is 260 g/mol. The van der Waals surface area contributed by atoms with E-state index in [1.807, 2.05) is 0 Å². The molecule has 1 nitrogen and oxygen atoms in total. The third kappa shape index (κ3) is 4.19. The topological polar surface area (TPSA) is 17.1 Å². The van der Waals surface area contributed by atoms with Crippen molar-refractivity contribution in [1.29, 1.82) is 0 Å². The van der Waals surface area contributed by atoms with Crippen molar-refractivity contribution in [1.82, 2.24) is 0 Å². The molecule has 0 spiro atoms. The number of unbranched alkanes of at least 4 members (excludes halogenated alkanes) is 4. The molecule has 1 heteroatoms. The van der Waals surface area contributed by atoms with Gasteiger partial charge in [-0.1, -0.05) is 38.7 Å². The molecule has 0 heterocycles. The highest BCUT2D eigenvalue weighted by Gasteiger charge is 2.15. The van der Waals surface area contributed by atoms with Crippen LogP contribution in [0.1, 0.15) is 78.1 Å². The molecule has 0 unspecified atom stereocenters. The summed E-state index contributed by atoms with van der Waals surface area (Å²) in [4.78, 5) is 12.4. The molecule has 1 aromatic rings. The van der Waals surface area contributed by atoms with Gasteiger partial charge in [-0.3, -0.25) is 4.79 Å². The van der Waals surface area contributed by atoms with Crippen LogP contribution in [0, 0.1) is 27.7 Å². The van der Waals surface area contributed by atoms with Crippen molar-refractivity contribution in [3.05, 3.63) is 33.9 Å².